The van der Waals surface area contributed by atoms with Gasteiger partial charge in [-0.3, -0.25) is 4.90 Å². The van der Waals surface area contributed by atoms with Crippen molar-refractivity contribution in [1.82, 2.24) is 10.2 Å². The number of likely N-dealkylation sites (N-methyl/N-ethyl adjacent to an activating group) is 1. The van der Waals surface area contributed by atoms with Crippen molar-refractivity contribution in [3.05, 3.63) is 36.1 Å². The molecular weight excluding hydrogens is 280 g/mol. The second kappa shape index (κ2) is 6.86. The molecule has 1 aromatic carbocycles. The lowest BCUT2D eigenvalue weighted by Gasteiger charge is -2.37. The maximum Gasteiger partial charge on any atom is 0.134 e. The molecule has 1 aliphatic heterocycles. The predicted octanol–water partition coefficient (Wildman–Crippen LogP) is 3.52. The fraction of sp³-hybridized carbons (Fsp3) is 0.529. The molecule has 1 saturated heterocycles. The largest absolute Gasteiger partial charge is 0.459 e. The van der Waals surface area contributed by atoms with Crippen LogP contribution in [-0.4, -0.2) is 42.6 Å². The molecule has 2 heterocycles. The van der Waals surface area contributed by atoms with E-state index in [4.69, 9.17) is 4.42 Å². The summed E-state index contributed by atoms with van der Waals surface area (Å²) in [6, 6.07) is 11.3. The Balaban J connectivity index is 1.90. The third kappa shape index (κ3) is 3.28. The normalized spacial score (nSPS) is 21.7. The number of nitrogens with zero attached hydrogens (tertiary/aromatic N) is 1. The quantitative estimate of drug-likeness (QED) is 0.915. The van der Waals surface area contributed by atoms with Crippen molar-refractivity contribution < 1.29 is 4.42 Å². The van der Waals surface area contributed by atoms with Gasteiger partial charge >= 0.3 is 0 Å². The zero-order valence-electron chi connectivity index (χ0n) is 12.8. The minimum absolute atomic E-state index is 0.273. The minimum atomic E-state index is 0.273. The van der Waals surface area contributed by atoms with Crippen LogP contribution in [0.1, 0.15) is 25.1 Å². The highest BCUT2D eigenvalue weighted by Gasteiger charge is 2.31. The van der Waals surface area contributed by atoms with Crippen molar-refractivity contribution in [2.45, 2.75) is 25.4 Å². The summed E-state index contributed by atoms with van der Waals surface area (Å²) in [7, 11) is 2.23. The molecule has 0 amide bonds. The number of fused-ring (bicyclic) bond motifs is 1. The second-order valence-corrected chi connectivity index (χ2v) is 6.89. The highest BCUT2D eigenvalue weighted by Crippen LogP contribution is 2.30. The Morgan fingerprint density at radius 3 is 3.05 bits per heavy atom. The zero-order chi connectivity index (χ0) is 14.7. The van der Waals surface area contributed by atoms with Crippen LogP contribution >= 0.6 is 11.8 Å². The van der Waals surface area contributed by atoms with Crippen LogP contribution in [0.5, 0.6) is 0 Å². The van der Waals surface area contributed by atoms with Gasteiger partial charge in [-0.25, -0.2) is 0 Å². The third-order valence-electron chi connectivity index (χ3n) is 4.19. The number of hydrogen-bond acceptors (Lipinski definition) is 4. The molecule has 1 fully saturated rings. The van der Waals surface area contributed by atoms with Gasteiger partial charge in [-0.2, -0.15) is 11.8 Å². The van der Waals surface area contributed by atoms with Crippen molar-refractivity contribution in [3.63, 3.8) is 0 Å². The van der Waals surface area contributed by atoms with Crippen LogP contribution in [-0.2, 0) is 0 Å². The van der Waals surface area contributed by atoms with Crippen LogP contribution in [0.4, 0.5) is 0 Å². The van der Waals surface area contributed by atoms with Gasteiger partial charge in [0.2, 0.25) is 0 Å². The average molecular weight is 304 g/mol. The summed E-state index contributed by atoms with van der Waals surface area (Å²) in [6.07, 6.45) is 1.14. The Hall–Kier alpha value is -0.970. The molecule has 1 aliphatic rings. The van der Waals surface area contributed by atoms with E-state index < -0.39 is 0 Å². The molecule has 3 rings (SSSR count). The molecule has 2 atom stereocenters. The number of para-hydroxylation sites is 1. The Morgan fingerprint density at radius 2 is 2.29 bits per heavy atom. The van der Waals surface area contributed by atoms with E-state index in [0.717, 1.165) is 36.6 Å². The Morgan fingerprint density at radius 1 is 1.43 bits per heavy atom. The van der Waals surface area contributed by atoms with Crippen molar-refractivity contribution in [3.8, 4) is 0 Å². The molecule has 0 radical (unpaired) electrons. The standard InChI is InChI=1S/C17H24N2OS/c1-3-8-18-17(14-12-21-10-9-19(14)2)16-11-13-6-4-5-7-15(13)20-16/h4-7,11,14,17-18H,3,8-10,12H2,1-2H3. The smallest absolute Gasteiger partial charge is 0.134 e. The first kappa shape index (κ1) is 14.9. The van der Waals surface area contributed by atoms with Crippen LogP contribution < -0.4 is 5.32 Å². The van der Waals surface area contributed by atoms with Crippen molar-refractivity contribution in [2.75, 3.05) is 31.6 Å². The molecule has 4 heteroatoms. The van der Waals surface area contributed by atoms with E-state index in [1.165, 1.54) is 11.1 Å². The van der Waals surface area contributed by atoms with E-state index in [-0.39, 0.29) is 6.04 Å². The van der Waals surface area contributed by atoms with E-state index in [2.05, 4.69) is 48.5 Å². The predicted molar refractivity (Wildman–Crippen MR) is 91.0 cm³/mol. The molecule has 2 aromatic rings. The van der Waals surface area contributed by atoms with Crippen LogP contribution in [0.25, 0.3) is 11.0 Å². The maximum absolute atomic E-state index is 6.13. The van der Waals surface area contributed by atoms with E-state index in [0.29, 0.717) is 6.04 Å². The molecule has 3 nitrogen and oxygen atoms in total. The van der Waals surface area contributed by atoms with Gasteiger partial charge in [-0.05, 0) is 32.1 Å². The van der Waals surface area contributed by atoms with Crippen LogP contribution in [0, 0.1) is 0 Å². The molecule has 1 aromatic heterocycles. The first-order chi connectivity index (χ1) is 10.3. The van der Waals surface area contributed by atoms with E-state index in [1.807, 2.05) is 17.8 Å². The number of thioether (sulfide) groups is 1. The Labute approximate surface area is 131 Å². The SMILES string of the molecule is CCCNC(c1cc2ccccc2o1)C1CSCCN1C. The monoisotopic (exact) mass is 304 g/mol. The Bertz CT molecular complexity index is 550. The van der Waals surface area contributed by atoms with Gasteiger partial charge < -0.3 is 9.73 Å². The van der Waals surface area contributed by atoms with Gasteiger partial charge in [-0.1, -0.05) is 25.1 Å². The maximum atomic E-state index is 6.13. The molecule has 0 spiro atoms. The number of hydrogen-bond donors (Lipinski definition) is 1. The lowest BCUT2D eigenvalue weighted by Crippen LogP contribution is -2.47. The lowest BCUT2D eigenvalue weighted by molar-refractivity contribution is 0.201. The number of nitrogens with one attached hydrogen (secondary N) is 1. The van der Waals surface area contributed by atoms with Gasteiger partial charge in [0.05, 0.1) is 6.04 Å². The van der Waals surface area contributed by atoms with Gasteiger partial charge in [0.1, 0.15) is 11.3 Å². The van der Waals surface area contributed by atoms with Gasteiger partial charge in [0.15, 0.2) is 0 Å². The van der Waals surface area contributed by atoms with Gasteiger partial charge in [-0.15, -0.1) is 0 Å². The average Bonchev–Trinajstić information content (AvgIpc) is 2.93. The second-order valence-electron chi connectivity index (χ2n) is 5.74. The fourth-order valence-electron chi connectivity index (χ4n) is 2.94. The van der Waals surface area contributed by atoms with Crippen LogP contribution in [0.3, 0.4) is 0 Å². The highest BCUT2D eigenvalue weighted by molar-refractivity contribution is 7.99. The third-order valence-corrected chi connectivity index (χ3v) is 5.24. The topological polar surface area (TPSA) is 28.4 Å². The molecule has 0 saturated carbocycles. The lowest BCUT2D eigenvalue weighted by atomic mass is 10.0. The summed E-state index contributed by atoms with van der Waals surface area (Å²) in [4.78, 5) is 2.47. The Kier molecular flexibility index (Phi) is 4.88. The van der Waals surface area contributed by atoms with E-state index in [9.17, 15) is 0 Å². The molecule has 114 valence electrons. The van der Waals surface area contributed by atoms with Crippen LogP contribution in [0.2, 0.25) is 0 Å². The summed E-state index contributed by atoms with van der Waals surface area (Å²) in [6.45, 7) is 4.39. The molecule has 0 bridgehead atoms. The van der Waals surface area contributed by atoms with Crippen molar-refractivity contribution in [1.29, 1.82) is 0 Å². The number of furan rings is 1. The first-order valence-corrected chi connectivity index (χ1v) is 8.95. The first-order valence-electron chi connectivity index (χ1n) is 7.79. The zero-order valence-corrected chi connectivity index (χ0v) is 13.7. The summed E-state index contributed by atoms with van der Waals surface area (Å²) in [5.41, 5.74) is 0.988. The highest BCUT2D eigenvalue weighted by atomic mass is 32.2. The van der Waals surface area contributed by atoms with Gasteiger partial charge in [0.25, 0.3) is 0 Å². The minimum Gasteiger partial charge on any atom is -0.459 e. The summed E-state index contributed by atoms with van der Waals surface area (Å²) in [5, 5.41) is 4.89. The summed E-state index contributed by atoms with van der Waals surface area (Å²) >= 11 is 2.05. The summed E-state index contributed by atoms with van der Waals surface area (Å²) < 4.78 is 6.13. The molecule has 0 aliphatic carbocycles. The fourth-order valence-corrected chi connectivity index (χ4v) is 4.21. The van der Waals surface area contributed by atoms with Crippen molar-refractivity contribution in [2.24, 2.45) is 0 Å². The van der Waals surface area contributed by atoms with E-state index >= 15 is 0 Å². The number of rotatable bonds is 5. The summed E-state index contributed by atoms with van der Waals surface area (Å²) in [5.74, 6) is 3.46. The van der Waals surface area contributed by atoms with Crippen LogP contribution in [0.15, 0.2) is 34.7 Å². The number of benzene rings is 1. The van der Waals surface area contributed by atoms with Gasteiger partial charge in [0, 0.05) is 29.5 Å². The molecule has 1 N–H and O–H groups in total. The molecular formula is C17H24N2OS. The molecule has 2 unspecified atom stereocenters. The van der Waals surface area contributed by atoms with Crippen molar-refractivity contribution >= 4 is 22.7 Å². The molecule has 21 heavy (non-hydrogen) atoms. The van der Waals surface area contributed by atoms with E-state index in [1.54, 1.807) is 0 Å².